The quantitative estimate of drug-likeness (QED) is 0.223. The molecule has 0 aliphatic heterocycles. The molecule has 0 amide bonds. The third kappa shape index (κ3) is 11.6. The van der Waals surface area contributed by atoms with Gasteiger partial charge in [-0.2, -0.15) is 0 Å². The summed E-state index contributed by atoms with van der Waals surface area (Å²) >= 11 is 0. The zero-order valence-electron chi connectivity index (χ0n) is 15.4. The van der Waals surface area contributed by atoms with E-state index in [2.05, 4.69) is 64.7 Å². The molecule has 1 atom stereocenters. The van der Waals surface area contributed by atoms with Crippen LogP contribution in [0.15, 0.2) is 48.6 Å². The van der Waals surface area contributed by atoms with Crippen LogP contribution in [-0.4, -0.2) is 13.2 Å². The summed E-state index contributed by atoms with van der Waals surface area (Å²) in [6, 6.07) is 0. The third-order valence-corrected chi connectivity index (χ3v) is 4.12. The molecule has 0 rings (SSSR count). The van der Waals surface area contributed by atoms with Crippen LogP contribution in [0.5, 0.6) is 0 Å². The molecule has 0 saturated carbocycles. The van der Waals surface area contributed by atoms with Gasteiger partial charge in [-0.1, -0.05) is 62.8 Å². The Bertz CT molecular complexity index is 371. The molecule has 22 heavy (non-hydrogen) atoms. The Morgan fingerprint density at radius 2 is 1.91 bits per heavy atom. The van der Waals surface area contributed by atoms with Gasteiger partial charge in [0, 0.05) is 7.11 Å². The Labute approximate surface area is 138 Å². The summed E-state index contributed by atoms with van der Waals surface area (Å²) in [4.78, 5) is 0. The first-order chi connectivity index (χ1) is 10.4. The van der Waals surface area contributed by atoms with Crippen LogP contribution in [0.25, 0.3) is 0 Å². The molecular weight excluding hydrogens is 268 g/mol. The van der Waals surface area contributed by atoms with E-state index < -0.39 is 0 Å². The summed E-state index contributed by atoms with van der Waals surface area (Å²) < 4.78 is 5.42. The Hall–Kier alpha value is -1.08. The molecule has 0 aliphatic carbocycles. The average molecular weight is 305 g/mol. The molecule has 0 radical (unpaired) electrons. The molecule has 1 heteroatoms. The molecule has 0 aromatic heterocycles. The molecule has 0 bridgehead atoms. The molecule has 1 nitrogen and oxygen atoms in total. The molecule has 0 N–H and O–H groups in total. The minimum Gasteiger partial charge on any atom is -0.381 e. The molecule has 0 spiro atoms. The highest BCUT2D eigenvalue weighted by atomic mass is 16.5. The monoisotopic (exact) mass is 304 g/mol. The van der Waals surface area contributed by atoms with Crippen molar-refractivity contribution in [1.82, 2.24) is 0 Å². The summed E-state index contributed by atoms with van der Waals surface area (Å²) in [6.45, 7) is 12.8. The lowest BCUT2D eigenvalue weighted by atomic mass is 9.89. The fourth-order valence-corrected chi connectivity index (χ4v) is 2.03. The zero-order valence-corrected chi connectivity index (χ0v) is 15.4. The molecular formula is C21H36O. The van der Waals surface area contributed by atoms with E-state index in [1.807, 2.05) is 6.08 Å². The van der Waals surface area contributed by atoms with Crippen molar-refractivity contribution in [3.63, 3.8) is 0 Å². The molecule has 1 unspecified atom stereocenters. The Balaban J connectivity index is 3.96. The summed E-state index contributed by atoms with van der Waals surface area (Å²) in [5.74, 6) is 0. The fraction of sp³-hybridized carbons (Fsp3) is 0.619. The maximum atomic E-state index is 5.42. The summed E-state index contributed by atoms with van der Waals surface area (Å²) in [5, 5.41) is 0. The lowest BCUT2D eigenvalue weighted by Crippen LogP contribution is -2.08. The van der Waals surface area contributed by atoms with Crippen molar-refractivity contribution in [3.05, 3.63) is 48.6 Å². The van der Waals surface area contributed by atoms with Gasteiger partial charge < -0.3 is 4.74 Å². The maximum absolute atomic E-state index is 5.42. The van der Waals surface area contributed by atoms with Crippen LogP contribution < -0.4 is 0 Å². The second-order valence-corrected chi connectivity index (χ2v) is 6.68. The predicted molar refractivity (Wildman–Crippen MR) is 100 cm³/mol. The number of methoxy groups -OCH3 is 1. The van der Waals surface area contributed by atoms with Crippen LogP contribution in [0.2, 0.25) is 0 Å². The normalized spacial score (nSPS) is 14.9. The fourth-order valence-electron chi connectivity index (χ4n) is 2.03. The standard InChI is InChI=1S/C21H36O/c1-7-14-20(22-6)17-16-19(3)15-12-10-9-11-13-18-21(4,5)8-2/h7,10,12-13,15,18,20H,1,8-9,11,14,16-17H2,2-6H3. The van der Waals surface area contributed by atoms with Crippen LogP contribution in [0.1, 0.15) is 66.2 Å². The first kappa shape index (κ1) is 20.9. The second kappa shape index (κ2) is 12.5. The number of rotatable bonds is 12. The maximum Gasteiger partial charge on any atom is 0.0608 e. The molecule has 0 aliphatic rings. The van der Waals surface area contributed by atoms with Gasteiger partial charge in [0.15, 0.2) is 0 Å². The summed E-state index contributed by atoms with van der Waals surface area (Å²) in [7, 11) is 1.78. The molecule has 0 fully saturated rings. The van der Waals surface area contributed by atoms with Crippen molar-refractivity contribution in [3.8, 4) is 0 Å². The SMILES string of the molecule is C=CCC(CCC(C)=CC=CCCC=CC(C)(C)CC)OC. The van der Waals surface area contributed by atoms with Gasteiger partial charge in [-0.3, -0.25) is 0 Å². The predicted octanol–water partition coefficient (Wildman–Crippen LogP) is 6.63. The molecule has 0 aromatic carbocycles. The highest BCUT2D eigenvalue weighted by molar-refractivity contribution is 5.11. The van der Waals surface area contributed by atoms with Crippen LogP contribution in [-0.2, 0) is 4.74 Å². The Kier molecular flexibility index (Phi) is 11.9. The van der Waals surface area contributed by atoms with Gasteiger partial charge in [-0.15, -0.1) is 6.58 Å². The first-order valence-corrected chi connectivity index (χ1v) is 8.59. The molecule has 0 aromatic rings. The van der Waals surface area contributed by atoms with Crippen LogP contribution in [0, 0.1) is 5.41 Å². The topological polar surface area (TPSA) is 9.23 Å². The lowest BCUT2D eigenvalue weighted by molar-refractivity contribution is 0.0981. The number of hydrogen-bond donors (Lipinski definition) is 0. The van der Waals surface area contributed by atoms with Gasteiger partial charge in [0.2, 0.25) is 0 Å². The van der Waals surface area contributed by atoms with Crippen molar-refractivity contribution < 1.29 is 4.74 Å². The van der Waals surface area contributed by atoms with E-state index >= 15 is 0 Å². The highest BCUT2D eigenvalue weighted by Gasteiger charge is 2.08. The highest BCUT2D eigenvalue weighted by Crippen LogP contribution is 2.21. The number of ether oxygens (including phenoxy) is 1. The smallest absolute Gasteiger partial charge is 0.0608 e. The van der Waals surface area contributed by atoms with E-state index in [1.165, 1.54) is 12.0 Å². The van der Waals surface area contributed by atoms with Gasteiger partial charge in [-0.05, 0) is 50.9 Å². The Morgan fingerprint density at radius 1 is 1.23 bits per heavy atom. The molecule has 126 valence electrons. The summed E-state index contributed by atoms with van der Waals surface area (Å²) in [5.41, 5.74) is 1.74. The van der Waals surface area contributed by atoms with Crippen molar-refractivity contribution >= 4 is 0 Å². The first-order valence-electron chi connectivity index (χ1n) is 8.59. The van der Waals surface area contributed by atoms with Gasteiger partial charge in [0.1, 0.15) is 0 Å². The van der Waals surface area contributed by atoms with Gasteiger partial charge in [-0.25, -0.2) is 0 Å². The number of unbranched alkanes of at least 4 members (excludes halogenated alkanes) is 1. The number of allylic oxidation sites excluding steroid dienone is 6. The number of hydrogen-bond acceptors (Lipinski definition) is 1. The van der Waals surface area contributed by atoms with Gasteiger partial charge >= 0.3 is 0 Å². The largest absolute Gasteiger partial charge is 0.381 e. The Morgan fingerprint density at radius 3 is 2.50 bits per heavy atom. The van der Waals surface area contributed by atoms with Gasteiger partial charge in [0.05, 0.1) is 6.10 Å². The van der Waals surface area contributed by atoms with E-state index in [1.54, 1.807) is 7.11 Å². The molecule has 0 heterocycles. The molecule has 0 saturated heterocycles. The van der Waals surface area contributed by atoms with Crippen LogP contribution >= 0.6 is 0 Å². The summed E-state index contributed by atoms with van der Waals surface area (Å²) in [6.07, 6.45) is 20.0. The lowest BCUT2D eigenvalue weighted by Gasteiger charge is -2.16. The second-order valence-electron chi connectivity index (χ2n) is 6.68. The van der Waals surface area contributed by atoms with E-state index in [4.69, 9.17) is 4.74 Å². The van der Waals surface area contributed by atoms with E-state index in [0.717, 1.165) is 32.1 Å². The average Bonchev–Trinajstić information content (AvgIpc) is 2.50. The van der Waals surface area contributed by atoms with Crippen molar-refractivity contribution in [1.29, 1.82) is 0 Å². The minimum absolute atomic E-state index is 0.303. The van der Waals surface area contributed by atoms with Crippen molar-refractivity contribution in [2.45, 2.75) is 72.3 Å². The van der Waals surface area contributed by atoms with Crippen LogP contribution in [0.4, 0.5) is 0 Å². The van der Waals surface area contributed by atoms with E-state index in [9.17, 15) is 0 Å². The van der Waals surface area contributed by atoms with Gasteiger partial charge in [0.25, 0.3) is 0 Å². The van der Waals surface area contributed by atoms with E-state index in [-0.39, 0.29) is 0 Å². The van der Waals surface area contributed by atoms with Crippen molar-refractivity contribution in [2.24, 2.45) is 5.41 Å². The zero-order chi connectivity index (χ0) is 16.8. The third-order valence-electron chi connectivity index (χ3n) is 4.12. The van der Waals surface area contributed by atoms with Crippen LogP contribution in [0.3, 0.4) is 0 Å². The van der Waals surface area contributed by atoms with E-state index in [0.29, 0.717) is 11.5 Å². The van der Waals surface area contributed by atoms with Crippen molar-refractivity contribution in [2.75, 3.05) is 7.11 Å². The minimum atomic E-state index is 0.303.